The van der Waals surface area contributed by atoms with E-state index in [9.17, 15) is 3.02 Å². The SMILES string of the molecule is [O]=[Sb][O]P1(O)(O)OO1. The van der Waals surface area contributed by atoms with E-state index < -0.39 is 29.8 Å². The van der Waals surface area contributed by atoms with Crippen molar-refractivity contribution in [1.82, 2.24) is 0 Å². The van der Waals surface area contributed by atoms with E-state index in [1.165, 1.54) is 0 Å². The Hall–Kier alpha value is 0.848. The van der Waals surface area contributed by atoms with Gasteiger partial charge in [-0.15, -0.1) is 0 Å². The zero-order valence-corrected chi connectivity index (χ0v) is 6.87. The molecule has 0 radical (unpaired) electrons. The third kappa shape index (κ3) is 1.42. The monoisotopic (exact) mass is 250 g/mol. The van der Waals surface area contributed by atoms with Crippen LogP contribution in [-0.2, 0) is 15.2 Å². The van der Waals surface area contributed by atoms with E-state index in [2.05, 4.69) is 12.2 Å². The summed E-state index contributed by atoms with van der Waals surface area (Å²) in [4.78, 5) is 16.9. The molecular formula is H2O6PSb. The maximum absolute atomic E-state index is 9.67. The molecule has 0 aromatic rings. The molecule has 0 atom stereocenters. The van der Waals surface area contributed by atoms with Crippen molar-refractivity contribution in [3.05, 3.63) is 0 Å². The van der Waals surface area contributed by atoms with Gasteiger partial charge >= 0.3 is 54.7 Å². The Morgan fingerprint density at radius 1 is 1.50 bits per heavy atom. The Bertz CT molecular complexity index is 120. The molecule has 48 valence electrons. The maximum atomic E-state index is 9.67. The standard InChI is InChI=1S/H2O5P.O.Sb/c1-6(2,3)4-5-6;;/h1-2H;;/q-1;;+1. The van der Waals surface area contributed by atoms with Gasteiger partial charge in [-0.3, -0.25) is 0 Å². The van der Waals surface area contributed by atoms with Gasteiger partial charge in [0.05, 0.1) is 0 Å². The van der Waals surface area contributed by atoms with E-state index in [-0.39, 0.29) is 0 Å². The molecule has 2 N–H and O–H groups in total. The van der Waals surface area contributed by atoms with Crippen molar-refractivity contribution in [1.29, 1.82) is 0 Å². The third-order valence-electron chi connectivity index (χ3n) is 0.442. The first kappa shape index (κ1) is 6.96. The molecule has 6 nitrogen and oxygen atoms in total. The van der Waals surface area contributed by atoms with Crippen molar-refractivity contribution >= 4 is 29.8 Å². The summed E-state index contributed by atoms with van der Waals surface area (Å²) >= 11 is -2.21. The molecule has 0 unspecified atom stereocenters. The zero-order valence-electron chi connectivity index (χ0n) is 3.42. The first-order valence-electron chi connectivity index (χ1n) is 1.48. The Kier molecular flexibility index (Phi) is 1.45. The van der Waals surface area contributed by atoms with Crippen LogP contribution >= 0.6 is 7.74 Å². The molecule has 8 heteroatoms. The molecular weight excluding hydrogens is 249 g/mol. The van der Waals surface area contributed by atoms with Crippen LogP contribution in [0.1, 0.15) is 0 Å². The zero-order chi connectivity index (χ0) is 6.28. The summed E-state index contributed by atoms with van der Waals surface area (Å²) in [7, 11) is -4.60. The Morgan fingerprint density at radius 3 is 2.12 bits per heavy atom. The van der Waals surface area contributed by atoms with Gasteiger partial charge in [0.2, 0.25) is 0 Å². The summed E-state index contributed by atoms with van der Waals surface area (Å²) in [6, 6.07) is 0. The molecule has 0 spiro atoms. The molecule has 1 heterocycles. The van der Waals surface area contributed by atoms with E-state index >= 15 is 0 Å². The quantitative estimate of drug-likeness (QED) is 0.284. The average Bonchev–Trinajstić information content (AvgIpc) is 2.18. The van der Waals surface area contributed by atoms with Crippen LogP contribution in [0.5, 0.6) is 0 Å². The topological polar surface area (TPSA) is 91.8 Å². The van der Waals surface area contributed by atoms with Gasteiger partial charge in [-0.2, -0.15) is 0 Å². The second-order valence-corrected chi connectivity index (χ2v) is 5.00. The van der Waals surface area contributed by atoms with Crippen LogP contribution in [0.25, 0.3) is 0 Å². The summed E-state index contributed by atoms with van der Waals surface area (Å²) in [6.45, 7) is 0. The molecule has 0 aromatic carbocycles. The molecule has 1 aliphatic heterocycles. The first-order valence-corrected chi connectivity index (χ1v) is 5.46. The first-order chi connectivity index (χ1) is 3.55. The number of rotatable bonds is 2. The molecule has 1 rings (SSSR count). The minimum absolute atomic E-state index is 2.21. The van der Waals surface area contributed by atoms with Crippen LogP contribution in [0, 0.1) is 0 Å². The van der Waals surface area contributed by atoms with Gasteiger partial charge in [-0.1, -0.05) is 0 Å². The van der Waals surface area contributed by atoms with Gasteiger partial charge in [0.25, 0.3) is 0 Å². The van der Waals surface area contributed by atoms with Gasteiger partial charge in [-0.05, 0) is 0 Å². The molecule has 1 saturated heterocycles. The molecule has 0 amide bonds. The van der Waals surface area contributed by atoms with E-state index in [4.69, 9.17) is 9.79 Å². The second kappa shape index (κ2) is 1.67. The summed E-state index contributed by atoms with van der Waals surface area (Å²) in [5.74, 6) is 0. The predicted octanol–water partition coefficient (Wildman–Crippen LogP) is -0.958. The molecule has 1 aliphatic rings. The van der Waals surface area contributed by atoms with Crippen molar-refractivity contribution in [2.24, 2.45) is 0 Å². The predicted molar refractivity (Wildman–Crippen MR) is 21.1 cm³/mol. The fraction of sp³-hybridized carbons (Fsp3) is 0. The number of hydrogen-bond acceptors (Lipinski definition) is 6. The summed E-state index contributed by atoms with van der Waals surface area (Å²) in [6.07, 6.45) is 0. The Morgan fingerprint density at radius 2 is 2.00 bits per heavy atom. The third-order valence-corrected chi connectivity index (χ3v) is 4.29. The van der Waals surface area contributed by atoms with E-state index in [0.29, 0.717) is 0 Å². The number of hydrogen-bond donors (Lipinski definition) is 2. The van der Waals surface area contributed by atoms with Crippen LogP contribution in [0.2, 0.25) is 0 Å². The van der Waals surface area contributed by atoms with Gasteiger partial charge in [0, 0.05) is 0 Å². The Labute approximate surface area is 55.1 Å². The molecule has 8 heavy (non-hydrogen) atoms. The van der Waals surface area contributed by atoms with Crippen molar-refractivity contribution < 1.29 is 25.0 Å². The summed E-state index contributed by atoms with van der Waals surface area (Å²) in [5, 5.41) is 0. The van der Waals surface area contributed by atoms with E-state index in [0.717, 1.165) is 0 Å². The van der Waals surface area contributed by atoms with Crippen molar-refractivity contribution in [3.63, 3.8) is 0 Å². The van der Waals surface area contributed by atoms with Crippen LogP contribution < -0.4 is 0 Å². The molecule has 0 bridgehead atoms. The molecule has 0 aromatic heterocycles. The fourth-order valence-corrected chi connectivity index (χ4v) is 2.09. The molecule has 0 saturated carbocycles. The minimum atomic E-state index is -4.60. The van der Waals surface area contributed by atoms with Gasteiger partial charge in [-0.25, -0.2) is 0 Å². The van der Waals surface area contributed by atoms with E-state index in [1.807, 2.05) is 0 Å². The Balaban J connectivity index is 2.54. The second-order valence-electron chi connectivity index (χ2n) is 1.11. The normalized spacial score (nSPS) is 34.5. The summed E-state index contributed by atoms with van der Waals surface area (Å²) in [5.41, 5.74) is 0. The van der Waals surface area contributed by atoms with Crippen molar-refractivity contribution in [2.75, 3.05) is 0 Å². The van der Waals surface area contributed by atoms with Crippen LogP contribution in [0.3, 0.4) is 0 Å². The molecule has 0 aliphatic carbocycles. The average molecular weight is 251 g/mol. The van der Waals surface area contributed by atoms with Gasteiger partial charge < -0.3 is 0 Å². The molecule has 1 fully saturated rings. The fourth-order valence-electron chi connectivity index (χ4n) is 0.128. The van der Waals surface area contributed by atoms with Crippen LogP contribution in [-0.4, -0.2) is 31.8 Å². The van der Waals surface area contributed by atoms with Gasteiger partial charge in [0.15, 0.2) is 0 Å². The van der Waals surface area contributed by atoms with Crippen molar-refractivity contribution in [3.8, 4) is 0 Å². The van der Waals surface area contributed by atoms with Crippen LogP contribution in [0.4, 0.5) is 0 Å². The van der Waals surface area contributed by atoms with Crippen LogP contribution in [0.15, 0.2) is 0 Å². The van der Waals surface area contributed by atoms with E-state index in [1.54, 1.807) is 0 Å². The van der Waals surface area contributed by atoms with Crippen molar-refractivity contribution in [2.45, 2.75) is 0 Å². The van der Waals surface area contributed by atoms with Gasteiger partial charge in [0.1, 0.15) is 0 Å². The summed E-state index contributed by atoms with van der Waals surface area (Å²) < 4.78 is 21.0.